The molecular weight excluding hydrogens is 356 g/mol. The van der Waals surface area contributed by atoms with E-state index in [1.165, 1.54) is 11.1 Å². The lowest BCUT2D eigenvalue weighted by Crippen LogP contribution is -2.51. The van der Waals surface area contributed by atoms with Crippen molar-refractivity contribution in [2.75, 3.05) is 39.3 Å². The van der Waals surface area contributed by atoms with Gasteiger partial charge in [-0.1, -0.05) is 25.0 Å². The molecule has 2 heterocycles. The number of amides is 3. The summed E-state index contributed by atoms with van der Waals surface area (Å²) < 4.78 is 5.57. The number of hydrogen-bond acceptors (Lipinski definition) is 5. The molecule has 1 saturated carbocycles. The van der Waals surface area contributed by atoms with Crippen molar-refractivity contribution < 1.29 is 14.3 Å². The number of rotatable bonds is 5. The Morgan fingerprint density at radius 3 is 2.61 bits per heavy atom. The second-order valence-corrected chi connectivity index (χ2v) is 8.10. The second-order valence-electron chi connectivity index (χ2n) is 8.10. The topological polar surface area (TPSA) is 73.9 Å². The van der Waals surface area contributed by atoms with Crippen LogP contribution in [0.25, 0.3) is 0 Å². The zero-order valence-corrected chi connectivity index (χ0v) is 16.4. The molecule has 4 rings (SSSR count). The minimum atomic E-state index is -0.351. The third-order valence-corrected chi connectivity index (χ3v) is 5.94. The molecule has 0 bridgehead atoms. The van der Waals surface area contributed by atoms with Crippen molar-refractivity contribution in [1.29, 1.82) is 0 Å². The van der Waals surface area contributed by atoms with E-state index in [1.807, 2.05) is 0 Å². The molecule has 7 heteroatoms. The highest BCUT2D eigenvalue weighted by atomic mass is 16.5. The van der Waals surface area contributed by atoms with E-state index in [4.69, 9.17) is 4.74 Å². The van der Waals surface area contributed by atoms with Gasteiger partial charge in [0.25, 0.3) is 0 Å². The maximum absolute atomic E-state index is 12.1. The van der Waals surface area contributed by atoms with Gasteiger partial charge in [0.05, 0.1) is 13.2 Å². The highest BCUT2D eigenvalue weighted by Gasteiger charge is 2.22. The van der Waals surface area contributed by atoms with Gasteiger partial charge in [-0.05, 0) is 30.0 Å². The summed E-state index contributed by atoms with van der Waals surface area (Å²) in [4.78, 5) is 28.6. The molecule has 0 spiro atoms. The maximum Gasteiger partial charge on any atom is 0.321 e. The van der Waals surface area contributed by atoms with Crippen molar-refractivity contribution in [3.8, 4) is 5.75 Å². The van der Waals surface area contributed by atoms with Gasteiger partial charge in [-0.25, -0.2) is 4.79 Å². The van der Waals surface area contributed by atoms with Crippen molar-refractivity contribution in [2.45, 2.75) is 44.7 Å². The van der Waals surface area contributed by atoms with Crippen LogP contribution in [-0.4, -0.2) is 67.1 Å². The van der Waals surface area contributed by atoms with Gasteiger partial charge in [-0.3, -0.25) is 19.9 Å². The first-order chi connectivity index (χ1) is 13.7. The number of carbonyl (C=O) groups is 2. The lowest BCUT2D eigenvalue weighted by Gasteiger charge is -2.34. The van der Waals surface area contributed by atoms with Gasteiger partial charge in [0, 0.05) is 45.2 Å². The Morgan fingerprint density at radius 2 is 1.82 bits per heavy atom. The van der Waals surface area contributed by atoms with Crippen LogP contribution in [0, 0.1) is 0 Å². The molecule has 3 aliphatic rings. The molecule has 1 saturated heterocycles. The number of nitrogens with zero attached hydrogens (tertiary/aromatic N) is 2. The largest absolute Gasteiger partial charge is 0.493 e. The minimum Gasteiger partial charge on any atom is -0.493 e. The Bertz CT molecular complexity index is 710. The molecule has 28 heavy (non-hydrogen) atoms. The Morgan fingerprint density at radius 1 is 1.07 bits per heavy atom. The normalized spacial score (nSPS) is 20.6. The van der Waals surface area contributed by atoms with Gasteiger partial charge in [0.2, 0.25) is 5.91 Å². The fourth-order valence-electron chi connectivity index (χ4n) is 4.36. The van der Waals surface area contributed by atoms with E-state index in [0.29, 0.717) is 0 Å². The average molecular weight is 386 g/mol. The lowest BCUT2D eigenvalue weighted by atomic mass is 10.1. The van der Waals surface area contributed by atoms with E-state index in [0.717, 1.165) is 77.2 Å². The van der Waals surface area contributed by atoms with Gasteiger partial charge in [-0.2, -0.15) is 0 Å². The standard InChI is InChI=1S/C21H30N4O3/c26-20(23-21(27)22-18-3-1-2-4-18)15-25-10-8-24(9-11-25)14-16-5-6-19-17(13-16)7-12-28-19/h5-6,13,18H,1-4,7-12,14-15H2,(H2,22,23,26,27). The number of piperazine rings is 1. The summed E-state index contributed by atoms with van der Waals surface area (Å²) in [6, 6.07) is 6.35. The van der Waals surface area contributed by atoms with Crippen molar-refractivity contribution in [3.63, 3.8) is 0 Å². The molecule has 1 aliphatic carbocycles. The molecule has 7 nitrogen and oxygen atoms in total. The van der Waals surface area contributed by atoms with Crippen LogP contribution in [0.1, 0.15) is 36.8 Å². The van der Waals surface area contributed by atoms with Gasteiger partial charge >= 0.3 is 6.03 Å². The number of benzene rings is 1. The molecule has 1 aromatic carbocycles. The smallest absolute Gasteiger partial charge is 0.321 e. The first kappa shape index (κ1) is 19.2. The fraction of sp³-hybridized carbons (Fsp3) is 0.619. The zero-order valence-electron chi connectivity index (χ0n) is 16.4. The molecule has 0 radical (unpaired) electrons. The number of carbonyl (C=O) groups excluding carboxylic acids is 2. The fourth-order valence-corrected chi connectivity index (χ4v) is 4.36. The average Bonchev–Trinajstić information content (AvgIpc) is 3.34. The van der Waals surface area contributed by atoms with Crippen LogP contribution in [0.15, 0.2) is 18.2 Å². The first-order valence-corrected chi connectivity index (χ1v) is 10.5. The Balaban J connectivity index is 1.16. The number of hydrogen-bond donors (Lipinski definition) is 2. The molecule has 3 amide bonds. The SMILES string of the molecule is O=C(CN1CCN(Cc2ccc3c(c2)CCO3)CC1)NC(=O)NC1CCCC1. The third kappa shape index (κ3) is 5.02. The summed E-state index contributed by atoms with van der Waals surface area (Å²) in [7, 11) is 0. The molecule has 0 aromatic heterocycles. The van der Waals surface area contributed by atoms with Crippen molar-refractivity contribution >= 4 is 11.9 Å². The Hall–Kier alpha value is -2.12. The molecular formula is C21H30N4O3. The van der Waals surface area contributed by atoms with E-state index in [1.54, 1.807) is 0 Å². The van der Waals surface area contributed by atoms with Crippen LogP contribution >= 0.6 is 0 Å². The van der Waals surface area contributed by atoms with Crippen LogP contribution in [0.3, 0.4) is 0 Å². The minimum absolute atomic E-state index is 0.220. The molecule has 2 fully saturated rings. The number of fused-ring (bicyclic) bond motifs is 1. The Kier molecular flexibility index (Phi) is 6.12. The van der Waals surface area contributed by atoms with Gasteiger partial charge in [0.15, 0.2) is 0 Å². The predicted molar refractivity (Wildman–Crippen MR) is 106 cm³/mol. The van der Waals surface area contributed by atoms with Crippen LogP contribution in [0.5, 0.6) is 5.75 Å². The molecule has 2 N–H and O–H groups in total. The van der Waals surface area contributed by atoms with Gasteiger partial charge in [-0.15, -0.1) is 0 Å². The highest BCUT2D eigenvalue weighted by molar-refractivity contribution is 5.95. The summed E-state index contributed by atoms with van der Waals surface area (Å²) in [6.45, 7) is 5.53. The summed E-state index contributed by atoms with van der Waals surface area (Å²) in [5, 5.41) is 5.37. The van der Waals surface area contributed by atoms with Crippen molar-refractivity contribution in [3.05, 3.63) is 29.3 Å². The quantitative estimate of drug-likeness (QED) is 0.802. The van der Waals surface area contributed by atoms with E-state index >= 15 is 0 Å². The molecule has 1 aromatic rings. The monoisotopic (exact) mass is 386 g/mol. The third-order valence-electron chi connectivity index (χ3n) is 5.94. The lowest BCUT2D eigenvalue weighted by molar-refractivity contribution is -0.121. The van der Waals surface area contributed by atoms with Gasteiger partial charge < -0.3 is 10.1 Å². The summed E-state index contributed by atoms with van der Waals surface area (Å²) >= 11 is 0. The van der Waals surface area contributed by atoms with Crippen molar-refractivity contribution in [2.24, 2.45) is 0 Å². The maximum atomic E-state index is 12.1. The number of urea groups is 1. The highest BCUT2D eigenvalue weighted by Crippen LogP contribution is 2.26. The molecule has 0 unspecified atom stereocenters. The summed E-state index contributed by atoms with van der Waals surface area (Å²) in [6.07, 6.45) is 5.34. The van der Waals surface area contributed by atoms with E-state index in [-0.39, 0.29) is 24.5 Å². The Labute approximate surface area is 166 Å². The number of imide groups is 1. The van der Waals surface area contributed by atoms with Crippen LogP contribution in [-0.2, 0) is 17.8 Å². The summed E-state index contributed by atoms with van der Waals surface area (Å²) in [5.74, 6) is 0.805. The molecule has 152 valence electrons. The van der Waals surface area contributed by atoms with E-state index in [9.17, 15) is 9.59 Å². The van der Waals surface area contributed by atoms with Crippen LogP contribution < -0.4 is 15.4 Å². The van der Waals surface area contributed by atoms with Crippen LogP contribution in [0.4, 0.5) is 4.79 Å². The molecule has 2 aliphatic heterocycles. The van der Waals surface area contributed by atoms with E-state index < -0.39 is 0 Å². The predicted octanol–water partition coefficient (Wildman–Crippen LogP) is 1.51. The van der Waals surface area contributed by atoms with E-state index in [2.05, 4.69) is 38.6 Å². The number of nitrogens with one attached hydrogen (secondary N) is 2. The summed E-state index contributed by atoms with van der Waals surface area (Å²) in [5.41, 5.74) is 2.63. The number of ether oxygens (including phenoxy) is 1. The van der Waals surface area contributed by atoms with Gasteiger partial charge in [0.1, 0.15) is 5.75 Å². The van der Waals surface area contributed by atoms with Crippen molar-refractivity contribution in [1.82, 2.24) is 20.4 Å². The van der Waals surface area contributed by atoms with Crippen LogP contribution in [0.2, 0.25) is 0 Å². The molecule has 0 atom stereocenters. The zero-order chi connectivity index (χ0) is 19.3. The second kappa shape index (κ2) is 8.92. The first-order valence-electron chi connectivity index (χ1n) is 10.5.